The zero-order chi connectivity index (χ0) is 19.7. The predicted molar refractivity (Wildman–Crippen MR) is 105 cm³/mol. The number of hydrogen-bond acceptors (Lipinski definition) is 3. The zero-order valence-electron chi connectivity index (χ0n) is 16.6. The maximum Gasteiger partial charge on any atom is 0.410 e. The molecule has 1 amide bonds. The first kappa shape index (κ1) is 20.6. The number of hydrogen-bond donors (Lipinski definition) is 0. The first-order valence-electron chi connectivity index (χ1n) is 9.14. The smallest absolute Gasteiger partial charge is 0.410 e. The van der Waals surface area contributed by atoms with E-state index in [9.17, 15) is 10.1 Å². The summed E-state index contributed by atoms with van der Waals surface area (Å²) in [6.07, 6.45) is 1.43. The minimum absolute atomic E-state index is 0.254. The van der Waals surface area contributed by atoms with Crippen LogP contribution in [0.15, 0.2) is 12.1 Å². The van der Waals surface area contributed by atoms with Crippen LogP contribution >= 0.6 is 11.6 Å². The van der Waals surface area contributed by atoms with E-state index in [0.29, 0.717) is 13.1 Å². The fourth-order valence-corrected chi connectivity index (χ4v) is 3.51. The van der Waals surface area contributed by atoms with Crippen molar-refractivity contribution in [2.24, 2.45) is 0 Å². The lowest BCUT2D eigenvalue weighted by molar-refractivity contribution is 0.0204. The Kier molecular flexibility index (Phi) is 5.92. The number of carbonyl (C=O) groups is 1. The highest BCUT2D eigenvalue weighted by atomic mass is 35.5. The number of carbonyl (C=O) groups excluding carboxylic acids is 1. The zero-order valence-corrected chi connectivity index (χ0v) is 17.4. The molecule has 1 aliphatic heterocycles. The number of piperidine rings is 1. The van der Waals surface area contributed by atoms with Gasteiger partial charge in [-0.1, -0.05) is 17.7 Å². The molecule has 0 saturated carbocycles. The molecule has 0 spiro atoms. The average molecular weight is 377 g/mol. The molecule has 2 rings (SSSR count). The SMILES string of the molecule is Cc1cc(C(C)(C)C#N)c(C2CCN(C(=O)OC(C)(C)C)CC2)cc1Cl. The molecule has 0 N–H and O–H groups in total. The fraction of sp³-hybridized carbons (Fsp3) is 0.619. The first-order valence-corrected chi connectivity index (χ1v) is 9.52. The minimum atomic E-state index is -0.576. The Labute approximate surface area is 162 Å². The third kappa shape index (κ3) is 4.71. The van der Waals surface area contributed by atoms with Gasteiger partial charge in [-0.2, -0.15) is 5.26 Å². The van der Waals surface area contributed by atoms with Gasteiger partial charge in [-0.25, -0.2) is 4.79 Å². The molecule has 4 nitrogen and oxygen atoms in total. The Balaban J connectivity index is 2.21. The Bertz CT molecular complexity index is 721. The third-order valence-electron chi connectivity index (χ3n) is 4.87. The number of rotatable bonds is 2. The van der Waals surface area contributed by atoms with Crippen molar-refractivity contribution in [3.05, 3.63) is 33.8 Å². The van der Waals surface area contributed by atoms with E-state index in [4.69, 9.17) is 16.3 Å². The van der Waals surface area contributed by atoms with Gasteiger partial charge in [-0.05, 0) is 83.1 Å². The highest BCUT2D eigenvalue weighted by molar-refractivity contribution is 6.31. The highest BCUT2D eigenvalue weighted by Gasteiger charge is 2.32. The Morgan fingerprint density at radius 1 is 1.23 bits per heavy atom. The maximum absolute atomic E-state index is 12.3. The van der Waals surface area contributed by atoms with Crippen LogP contribution in [0.1, 0.15) is 70.1 Å². The van der Waals surface area contributed by atoms with E-state index >= 15 is 0 Å². The molecule has 26 heavy (non-hydrogen) atoms. The van der Waals surface area contributed by atoms with Crippen molar-refractivity contribution in [2.75, 3.05) is 13.1 Å². The van der Waals surface area contributed by atoms with Gasteiger partial charge in [-0.15, -0.1) is 0 Å². The fourth-order valence-electron chi connectivity index (χ4n) is 3.34. The normalized spacial score (nSPS) is 16.3. The summed E-state index contributed by atoms with van der Waals surface area (Å²) in [6.45, 7) is 12.8. The van der Waals surface area contributed by atoms with Gasteiger partial charge in [0.2, 0.25) is 0 Å². The molecule has 0 bridgehead atoms. The summed E-state index contributed by atoms with van der Waals surface area (Å²) < 4.78 is 5.47. The van der Waals surface area contributed by atoms with Crippen molar-refractivity contribution in [3.63, 3.8) is 0 Å². The van der Waals surface area contributed by atoms with Crippen LogP contribution in [0.25, 0.3) is 0 Å². The lowest BCUT2D eigenvalue weighted by Gasteiger charge is -2.35. The number of aryl methyl sites for hydroxylation is 1. The Morgan fingerprint density at radius 2 is 1.81 bits per heavy atom. The molecule has 0 atom stereocenters. The first-order chi connectivity index (χ1) is 11.9. The molecule has 1 aromatic rings. The van der Waals surface area contributed by atoms with Gasteiger partial charge in [0.15, 0.2) is 0 Å². The molecule has 142 valence electrons. The summed E-state index contributed by atoms with van der Waals surface area (Å²) in [7, 11) is 0. The Hall–Kier alpha value is -1.73. The van der Waals surface area contributed by atoms with Crippen molar-refractivity contribution in [1.29, 1.82) is 5.26 Å². The summed E-state index contributed by atoms with van der Waals surface area (Å²) in [5.74, 6) is 0.286. The van der Waals surface area contributed by atoms with Crippen molar-refractivity contribution >= 4 is 17.7 Å². The van der Waals surface area contributed by atoms with Crippen LogP contribution in [0.3, 0.4) is 0 Å². The summed E-state index contributed by atoms with van der Waals surface area (Å²) in [5.41, 5.74) is 2.10. The van der Waals surface area contributed by atoms with Crippen molar-refractivity contribution in [3.8, 4) is 6.07 Å². The third-order valence-corrected chi connectivity index (χ3v) is 5.28. The van der Waals surface area contributed by atoms with Crippen LogP contribution in [0.2, 0.25) is 5.02 Å². The largest absolute Gasteiger partial charge is 0.444 e. The van der Waals surface area contributed by atoms with Gasteiger partial charge >= 0.3 is 6.09 Å². The van der Waals surface area contributed by atoms with E-state index in [-0.39, 0.29) is 12.0 Å². The number of nitriles is 1. The van der Waals surface area contributed by atoms with Crippen LogP contribution in [0, 0.1) is 18.3 Å². The van der Waals surface area contributed by atoms with E-state index in [1.54, 1.807) is 4.90 Å². The minimum Gasteiger partial charge on any atom is -0.444 e. The number of nitrogens with zero attached hydrogens (tertiary/aromatic N) is 2. The van der Waals surface area contributed by atoms with Gasteiger partial charge in [0.05, 0.1) is 11.5 Å². The molecule has 0 aromatic heterocycles. The van der Waals surface area contributed by atoms with Crippen LogP contribution in [0.5, 0.6) is 0 Å². The van der Waals surface area contributed by atoms with E-state index in [1.165, 1.54) is 0 Å². The van der Waals surface area contributed by atoms with E-state index in [1.807, 2.05) is 53.7 Å². The average Bonchev–Trinajstić information content (AvgIpc) is 2.55. The monoisotopic (exact) mass is 376 g/mol. The number of benzene rings is 1. The molecule has 0 unspecified atom stereocenters. The summed E-state index contributed by atoms with van der Waals surface area (Å²) >= 11 is 6.38. The second kappa shape index (κ2) is 7.48. The van der Waals surface area contributed by atoms with E-state index in [2.05, 4.69) is 6.07 Å². The maximum atomic E-state index is 12.3. The standard InChI is InChI=1S/C21H29ClN2O2/c1-14-11-17(21(5,6)13-23)16(12-18(14)22)15-7-9-24(10-8-15)19(25)26-20(2,3)4/h11-12,15H,7-10H2,1-6H3. The molecule has 0 radical (unpaired) electrons. The molecule has 1 aliphatic rings. The second-order valence-electron chi connectivity index (χ2n) is 8.67. The quantitative estimate of drug-likeness (QED) is 0.678. The van der Waals surface area contributed by atoms with E-state index in [0.717, 1.165) is 34.6 Å². The molecular weight excluding hydrogens is 348 g/mol. The van der Waals surface area contributed by atoms with Gasteiger partial charge in [0, 0.05) is 18.1 Å². The molecule has 1 fully saturated rings. The van der Waals surface area contributed by atoms with Crippen LogP contribution in [-0.2, 0) is 10.2 Å². The molecule has 5 heteroatoms. The van der Waals surface area contributed by atoms with Crippen LogP contribution in [0.4, 0.5) is 4.79 Å². The van der Waals surface area contributed by atoms with Gasteiger partial charge in [0.25, 0.3) is 0 Å². The van der Waals surface area contributed by atoms with Crippen molar-refractivity contribution in [1.82, 2.24) is 4.90 Å². The number of amides is 1. The second-order valence-corrected chi connectivity index (χ2v) is 9.07. The van der Waals surface area contributed by atoms with Crippen molar-refractivity contribution in [2.45, 2.75) is 71.3 Å². The summed E-state index contributed by atoms with van der Waals surface area (Å²) in [6, 6.07) is 6.46. The molecule has 1 saturated heterocycles. The number of ether oxygens (including phenoxy) is 1. The van der Waals surface area contributed by atoms with Gasteiger partial charge in [0.1, 0.15) is 5.60 Å². The van der Waals surface area contributed by atoms with Gasteiger partial charge < -0.3 is 9.64 Å². The predicted octanol–water partition coefficient (Wildman–Crippen LogP) is 5.56. The number of halogens is 1. The summed E-state index contributed by atoms with van der Waals surface area (Å²) in [4.78, 5) is 14.0. The lowest BCUT2D eigenvalue weighted by Crippen LogP contribution is -2.41. The van der Waals surface area contributed by atoms with Gasteiger partial charge in [-0.3, -0.25) is 0 Å². The molecule has 1 aromatic carbocycles. The van der Waals surface area contributed by atoms with Crippen molar-refractivity contribution < 1.29 is 9.53 Å². The number of likely N-dealkylation sites (tertiary alicyclic amines) is 1. The highest BCUT2D eigenvalue weighted by Crippen LogP contribution is 2.38. The van der Waals surface area contributed by atoms with Crippen LogP contribution < -0.4 is 0 Å². The molecular formula is C21H29ClN2O2. The lowest BCUT2D eigenvalue weighted by atomic mass is 9.76. The Morgan fingerprint density at radius 3 is 2.31 bits per heavy atom. The topological polar surface area (TPSA) is 53.3 Å². The molecule has 1 heterocycles. The van der Waals surface area contributed by atoms with E-state index < -0.39 is 11.0 Å². The van der Waals surface area contributed by atoms with Crippen LogP contribution in [-0.4, -0.2) is 29.7 Å². The molecule has 0 aliphatic carbocycles. The summed E-state index contributed by atoms with van der Waals surface area (Å²) in [5, 5.41) is 10.3.